The third-order valence-corrected chi connectivity index (χ3v) is 3.79. The minimum Gasteiger partial charge on any atom is -0.506 e. The summed E-state index contributed by atoms with van der Waals surface area (Å²) >= 11 is 0. The van der Waals surface area contributed by atoms with Gasteiger partial charge in [0.2, 0.25) is 0 Å². The largest absolute Gasteiger partial charge is 0.506 e. The fourth-order valence-electron chi connectivity index (χ4n) is 2.53. The van der Waals surface area contributed by atoms with Crippen molar-refractivity contribution in [2.24, 2.45) is 0 Å². The van der Waals surface area contributed by atoms with Gasteiger partial charge in [-0.3, -0.25) is 14.4 Å². The van der Waals surface area contributed by atoms with Crippen molar-refractivity contribution in [2.75, 3.05) is 13.7 Å². The molecule has 1 amide bonds. The van der Waals surface area contributed by atoms with Crippen LogP contribution in [0, 0.1) is 0 Å². The van der Waals surface area contributed by atoms with Crippen LogP contribution in [-0.4, -0.2) is 55.7 Å². The second-order valence-electron chi connectivity index (χ2n) is 5.75. The van der Waals surface area contributed by atoms with E-state index in [1.54, 1.807) is 18.5 Å². The van der Waals surface area contributed by atoms with Crippen LogP contribution in [0.5, 0.6) is 11.8 Å². The van der Waals surface area contributed by atoms with Crippen molar-refractivity contribution in [1.29, 1.82) is 0 Å². The standard InChI is InChI=1S/C17H15N5O6/c1-28-17-20-5-9(6-21-17)2-8-3-10-13(25)12(15(26)19-7-11(23)24)16(27)22-14(10)18-4-8/h3-6H,2,7H2,1H3,(H,19,26)(H,23,24)(H2,18,22,25,27). The van der Waals surface area contributed by atoms with Crippen molar-refractivity contribution < 1.29 is 24.5 Å². The first-order valence-corrected chi connectivity index (χ1v) is 7.97. The summed E-state index contributed by atoms with van der Waals surface area (Å²) in [6.45, 7) is -0.689. The predicted molar refractivity (Wildman–Crippen MR) is 95.4 cm³/mol. The van der Waals surface area contributed by atoms with Gasteiger partial charge in [0.15, 0.2) is 0 Å². The molecule has 0 radical (unpaired) electrons. The van der Waals surface area contributed by atoms with E-state index in [0.29, 0.717) is 12.0 Å². The number of pyridine rings is 2. The molecule has 3 aromatic heterocycles. The second kappa shape index (κ2) is 7.70. The van der Waals surface area contributed by atoms with Gasteiger partial charge in [0.05, 0.1) is 12.5 Å². The monoisotopic (exact) mass is 385 g/mol. The molecule has 0 unspecified atom stereocenters. The molecule has 11 heteroatoms. The summed E-state index contributed by atoms with van der Waals surface area (Å²) in [7, 11) is 1.45. The zero-order valence-corrected chi connectivity index (χ0v) is 14.6. The third-order valence-electron chi connectivity index (χ3n) is 3.79. The van der Waals surface area contributed by atoms with Crippen LogP contribution < -0.4 is 15.6 Å². The van der Waals surface area contributed by atoms with Crippen LogP contribution in [0.4, 0.5) is 0 Å². The molecule has 0 saturated heterocycles. The minimum absolute atomic E-state index is 0.0898. The number of hydrogen-bond acceptors (Lipinski definition) is 8. The summed E-state index contributed by atoms with van der Waals surface area (Å²) in [6, 6.07) is 1.79. The molecule has 0 atom stereocenters. The van der Waals surface area contributed by atoms with Gasteiger partial charge in [-0.2, -0.15) is 0 Å². The maximum atomic E-state index is 12.1. The average Bonchev–Trinajstić information content (AvgIpc) is 2.67. The minimum atomic E-state index is -1.28. The Morgan fingerprint density at radius 3 is 2.50 bits per heavy atom. The molecule has 3 heterocycles. The number of carboxylic acid groups (broad SMARTS) is 1. The summed E-state index contributed by atoms with van der Waals surface area (Å²) in [5, 5.41) is 21.2. The van der Waals surface area contributed by atoms with Gasteiger partial charge >= 0.3 is 12.0 Å². The van der Waals surface area contributed by atoms with Crippen LogP contribution in [0.15, 0.2) is 29.5 Å². The van der Waals surface area contributed by atoms with Gasteiger partial charge in [-0.15, -0.1) is 0 Å². The molecule has 0 spiro atoms. The van der Waals surface area contributed by atoms with Crippen LogP contribution >= 0.6 is 0 Å². The molecule has 4 N–H and O–H groups in total. The number of nitrogens with one attached hydrogen (secondary N) is 2. The van der Waals surface area contributed by atoms with Gasteiger partial charge in [0.25, 0.3) is 11.5 Å². The Labute approximate surface area is 157 Å². The number of aromatic amines is 1. The number of rotatable bonds is 6. The Balaban J connectivity index is 1.96. The number of hydrogen-bond donors (Lipinski definition) is 4. The van der Waals surface area contributed by atoms with Crippen LogP contribution in [0.1, 0.15) is 21.5 Å². The highest BCUT2D eigenvalue weighted by Crippen LogP contribution is 2.25. The lowest BCUT2D eigenvalue weighted by molar-refractivity contribution is -0.135. The van der Waals surface area contributed by atoms with Gasteiger partial charge in [-0.25, -0.2) is 15.0 Å². The van der Waals surface area contributed by atoms with Crippen molar-refractivity contribution in [3.8, 4) is 11.8 Å². The van der Waals surface area contributed by atoms with E-state index in [4.69, 9.17) is 9.84 Å². The molecular formula is C17H15N5O6. The molecule has 0 aliphatic carbocycles. The number of amides is 1. The smallest absolute Gasteiger partial charge is 0.322 e. The lowest BCUT2D eigenvalue weighted by Crippen LogP contribution is -2.33. The summed E-state index contributed by atoms with van der Waals surface area (Å²) in [4.78, 5) is 49.2. The SMILES string of the molecule is COc1ncc(Cc2cnc3[nH]c(=O)c(C(=O)NCC(=O)O)c(O)c3c2)cn1. The molecule has 0 aliphatic rings. The van der Waals surface area contributed by atoms with E-state index in [9.17, 15) is 19.5 Å². The first kappa shape index (κ1) is 18.8. The number of aliphatic carboxylic acids is 1. The van der Waals surface area contributed by atoms with Gasteiger partial charge in [-0.1, -0.05) is 0 Å². The Morgan fingerprint density at radius 1 is 1.18 bits per heavy atom. The molecule has 3 aromatic rings. The number of methoxy groups -OCH3 is 1. The predicted octanol–water partition coefficient (Wildman–Crippen LogP) is -0.168. The number of nitrogens with zero attached hydrogens (tertiary/aromatic N) is 3. The fraction of sp³-hybridized carbons (Fsp3) is 0.176. The first-order valence-electron chi connectivity index (χ1n) is 7.97. The molecule has 144 valence electrons. The third kappa shape index (κ3) is 3.87. The van der Waals surface area contributed by atoms with Crippen LogP contribution in [-0.2, 0) is 11.2 Å². The van der Waals surface area contributed by atoms with Crippen molar-refractivity contribution in [2.45, 2.75) is 6.42 Å². The first-order chi connectivity index (χ1) is 13.4. The number of aromatic hydroxyl groups is 1. The van der Waals surface area contributed by atoms with E-state index in [0.717, 1.165) is 5.56 Å². The van der Waals surface area contributed by atoms with Crippen molar-refractivity contribution in [1.82, 2.24) is 25.3 Å². The van der Waals surface area contributed by atoms with Gasteiger partial charge in [0, 0.05) is 25.0 Å². The molecular weight excluding hydrogens is 370 g/mol. The summed E-state index contributed by atoms with van der Waals surface area (Å²) < 4.78 is 4.90. The van der Waals surface area contributed by atoms with Crippen LogP contribution in [0.25, 0.3) is 11.0 Å². The molecule has 0 bridgehead atoms. The topological polar surface area (TPSA) is 167 Å². The number of ether oxygens (including phenoxy) is 1. The highest BCUT2D eigenvalue weighted by molar-refractivity contribution is 6.02. The Bertz CT molecular complexity index is 1110. The van der Waals surface area contributed by atoms with Gasteiger partial charge < -0.3 is 25.3 Å². The Hall–Kier alpha value is -4.02. The average molecular weight is 385 g/mol. The number of aromatic nitrogens is 4. The molecule has 0 aliphatic heterocycles. The maximum Gasteiger partial charge on any atom is 0.322 e. The normalized spacial score (nSPS) is 10.6. The summed E-state index contributed by atoms with van der Waals surface area (Å²) in [5.41, 5.74) is 0.0509. The van der Waals surface area contributed by atoms with E-state index in [-0.39, 0.29) is 17.0 Å². The molecule has 28 heavy (non-hydrogen) atoms. The number of carbonyl (C=O) groups excluding carboxylic acids is 1. The van der Waals surface area contributed by atoms with Crippen molar-refractivity contribution >= 4 is 22.9 Å². The van der Waals surface area contributed by atoms with Gasteiger partial charge in [-0.05, 0) is 17.2 Å². The van der Waals surface area contributed by atoms with E-state index >= 15 is 0 Å². The molecule has 11 nitrogen and oxygen atoms in total. The zero-order chi connectivity index (χ0) is 20.3. The molecule has 3 rings (SSSR count). The van der Waals surface area contributed by atoms with Gasteiger partial charge in [0.1, 0.15) is 23.5 Å². The second-order valence-corrected chi connectivity index (χ2v) is 5.75. The summed E-state index contributed by atoms with van der Waals surface area (Å²) in [6.07, 6.45) is 5.04. The number of H-pyrrole nitrogens is 1. The molecule has 0 fully saturated rings. The Kier molecular flexibility index (Phi) is 5.16. The van der Waals surface area contributed by atoms with E-state index < -0.39 is 35.3 Å². The summed E-state index contributed by atoms with van der Waals surface area (Å²) in [5.74, 6) is -2.87. The van der Waals surface area contributed by atoms with E-state index in [2.05, 4.69) is 19.9 Å². The van der Waals surface area contributed by atoms with E-state index in [1.165, 1.54) is 13.3 Å². The van der Waals surface area contributed by atoms with E-state index in [1.807, 2.05) is 5.32 Å². The zero-order valence-electron chi connectivity index (χ0n) is 14.6. The van der Waals surface area contributed by atoms with Crippen LogP contribution in [0.3, 0.4) is 0 Å². The lowest BCUT2D eigenvalue weighted by atomic mass is 10.1. The number of fused-ring (bicyclic) bond motifs is 1. The number of carboxylic acids is 1. The lowest BCUT2D eigenvalue weighted by Gasteiger charge is -2.08. The number of carbonyl (C=O) groups is 2. The Morgan fingerprint density at radius 2 is 1.86 bits per heavy atom. The maximum absolute atomic E-state index is 12.1. The quantitative estimate of drug-likeness (QED) is 0.450. The van der Waals surface area contributed by atoms with Crippen LogP contribution in [0.2, 0.25) is 0 Å². The fourth-order valence-corrected chi connectivity index (χ4v) is 2.53. The molecule has 0 aromatic carbocycles. The molecule has 0 saturated carbocycles. The van der Waals surface area contributed by atoms with Crippen molar-refractivity contribution in [3.63, 3.8) is 0 Å². The highest BCUT2D eigenvalue weighted by Gasteiger charge is 2.20. The highest BCUT2D eigenvalue weighted by atomic mass is 16.5. The van der Waals surface area contributed by atoms with Crippen molar-refractivity contribution in [3.05, 3.63) is 51.7 Å².